The highest BCUT2D eigenvalue weighted by Crippen LogP contribution is 2.47. The summed E-state index contributed by atoms with van der Waals surface area (Å²) in [5.74, 6) is -4.53. The number of nitrogens with two attached hydrogens (primary N) is 1. The second-order valence-electron chi connectivity index (χ2n) is 5.63. The number of hydrogen-bond acceptors (Lipinski definition) is 4. The lowest BCUT2D eigenvalue weighted by atomic mass is 9.86. The Morgan fingerprint density at radius 2 is 1.73 bits per heavy atom. The fourth-order valence-electron chi connectivity index (χ4n) is 2.65. The summed E-state index contributed by atoms with van der Waals surface area (Å²) < 4.78 is 0. The maximum absolute atomic E-state index is 11.4. The molecule has 7 nitrogen and oxygen atoms in total. The summed E-state index contributed by atoms with van der Waals surface area (Å²) in [6.45, 7) is 0. The summed E-state index contributed by atoms with van der Waals surface area (Å²) in [6.07, 6.45) is 0.713. The fraction of sp³-hybridized carbons (Fsp3) is 0.400. The minimum absolute atomic E-state index is 0.100. The number of carboxylic acid groups (broad SMARTS) is 3. The normalized spacial score (nSPS) is 22.6. The van der Waals surface area contributed by atoms with E-state index in [0.29, 0.717) is 6.42 Å². The molecule has 1 aliphatic carbocycles. The van der Waals surface area contributed by atoms with E-state index in [1.54, 1.807) is 12.1 Å². The molecule has 1 unspecified atom stereocenters. The lowest BCUT2D eigenvalue weighted by Gasteiger charge is -2.25. The summed E-state index contributed by atoms with van der Waals surface area (Å²) in [5.41, 5.74) is 5.27. The van der Waals surface area contributed by atoms with Crippen LogP contribution in [0.3, 0.4) is 0 Å². The van der Waals surface area contributed by atoms with E-state index < -0.39 is 35.3 Å². The highest BCUT2D eigenvalue weighted by atomic mass is 16.4. The average molecular weight is 307 g/mol. The highest BCUT2D eigenvalue weighted by molar-refractivity contribution is 5.87. The van der Waals surface area contributed by atoms with Gasteiger partial charge in [-0.05, 0) is 37.0 Å². The van der Waals surface area contributed by atoms with Crippen LogP contribution in [0.1, 0.15) is 28.8 Å². The Labute approximate surface area is 126 Å². The summed E-state index contributed by atoms with van der Waals surface area (Å²) in [7, 11) is 0. The Hall–Kier alpha value is -2.41. The largest absolute Gasteiger partial charge is 0.481 e. The zero-order valence-corrected chi connectivity index (χ0v) is 11.7. The molecule has 5 N–H and O–H groups in total. The van der Waals surface area contributed by atoms with Crippen LogP contribution in [0, 0.1) is 11.8 Å². The molecule has 3 atom stereocenters. The molecule has 0 aromatic heterocycles. The van der Waals surface area contributed by atoms with Gasteiger partial charge in [0.25, 0.3) is 0 Å². The lowest BCUT2D eigenvalue weighted by Crippen LogP contribution is -2.51. The molecule has 1 saturated carbocycles. The van der Waals surface area contributed by atoms with Crippen molar-refractivity contribution < 1.29 is 29.7 Å². The molecular weight excluding hydrogens is 290 g/mol. The lowest BCUT2D eigenvalue weighted by molar-refractivity contribution is -0.145. The van der Waals surface area contributed by atoms with Crippen molar-refractivity contribution in [1.29, 1.82) is 0 Å². The van der Waals surface area contributed by atoms with Gasteiger partial charge >= 0.3 is 17.9 Å². The first-order valence-electron chi connectivity index (χ1n) is 6.83. The van der Waals surface area contributed by atoms with Crippen molar-refractivity contribution in [3.63, 3.8) is 0 Å². The highest BCUT2D eigenvalue weighted by Gasteiger charge is 2.57. The number of hydrogen-bond donors (Lipinski definition) is 4. The maximum Gasteiger partial charge on any atom is 0.335 e. The molecule has 7 heteroatoms. The molecule has 0 amide bonds. The monoisotopic (exact) mass is 307 g/mol. The number of aliphatic carboxylic acids is 2. The van der Waals surface area contributed by atoms with Crippen molar-refractivity contribution in [2.24, 2.45) is 17.6 Å². The molecular formula is C15H17NO6. The number of aromatic carboxylic acids is 1. The number of benzene rings is 1. The van der Waals surface area contributed by atoms with E-state index in [2.05, 4.69) is 0 Å². The van der Waals surface area contributed by atoms with Gasteiger partial charge in [0.05, 0.1) is 11.5 Å². The minimum Gasteiger partial charge on any atom is -0.481 e. The van der Waals surface area contributed by atoms with E-state index in [4.69, 9.17) is 15.9 Å². The predicted molar refractivity (Wildman–Crippen MR) is 75.5 cm³/mol. The van der Waals surface area contributed by atoms with Crippen LogP contribution in [0.25, 0.3) is 0 Å². The minimum atomic E-state index is -1.57. The summed E-state index contributed by atoms with van der Waals surface area (Å²) in [6, 6.07) is 6.09. The smallest absolute Gasteiger partial charge is 0.335 e. The van der Waals surface area contributed by atoms with E-state index in [9.17, 15) is 19.5 Å². The molecule has 118 valence electrons. The summed E-state index contributed by atoms with van der Waals surface area (Å²) >= 11 is 0. The predicted octanol–water partition coefficient (Wildman–Crippen LogP) is 0.820. The van der Waals surface area contributed by atoms with Crippen LogP contribution in [-0.4, -0.2) is 38.8 Å². The molecule has 1 fully saturated rings. The summed E-state index contributed by atoms with van der Waals surface area (Å²) in [4.78, 5) is 33.1. The maximum atomic E-state index is 11.4. The molecule has 0 bridgehead atoms. The molecule has 0 aliphatic heterocycles. The Bertz CT molecular complexity index is 611. The first-order chi connectivity index (χ1) is 10.3. The molecule has 0 heterocycles. The van der Waals surface area contributed by atoms with E-state index in [-0.39, 0.29) is 18.4 Å². The average Bonchev–Trinajstić information content (AvgIpc) is 3.26. The van der Waals surface area contributed by atoms with Gasteiger partial charge in [-0.25, -0.2) is 4.79 Å². The van der Waals surface area contributed by atoms with Gasteiger partial charge in [-0.3, -0.25) is 9.59 Å². The van der Waals surface area contributed by atoms with E-state index in [1.807, 2.05) is 0 Å². The Kier molecular flexibility index (Phi) is 4.18. The third kappa shape index (κ3) is 3.09. The number of carboxylic acids is 3. The van der Waals surface area contributed by atoms with Gasteiger partial charge in [0.2, 0.25) is 0 Å². The van der Waals surface area contributed by atoms with Crippen LogP contribution in [0.2, 0.25) is 0 Å². The first-order valence-corrected chi connectivity index (χ1v) is 6.83. The second kappa shape index (κ2) is 5.76. The van der Waals surface area contributed by atoms with E-state index in [0.717, 1.165) is 5.56 Å². The standard InChI is InChI=1S/C15H17NO6/c16-15(14(21)22,11-7-10(11)13(19)20)6-5-8-1-3-9(4-2-8)12(17)18/h1-4,10-11H,5-7,16H2,(H,17,18)(H,19,20)(H,21,22)/t10-,11?,15+/m0/s1. The number of carbonyl (C=O) groups is 3. The summed E-state index contributed by atoms with van der Waals surface area (Å²) in [5, 5.41) is 27.1. The molecule has 1 aliphatic rings. The van der Waals surface area contributed by atoms with Crippen molar-refractivity contribution in [2.75, 3.05) is 0 Å². The van der Waals surface area contributed by atoms with E-state index in [1.165, 1.54) is 12.1 Å². The zero-order chi connectivity index (χ0) is 16.5. The first kappa shape index (κ1) is 16.0. The van der Waals surface area contributed by atoms with Gasteiger partial charge in [0, 0.05) is 5.92 Å². The van der Waals surface area contributed by atoms with Gasteiger partial charge in [-0.15, -0.1) is 0 Å². The zero-order valence-electron chi connectivity index (χ0n) is 11.7. The SMILES string of the molecule is N[C@@](CCc1ccc(C(=O)O)cc1)(C(=O)O)C1C[C@@H]1C(=O)O. The Morgan fingerprint density at radius 3 is 2.14 bits per heavy atom. The van der Waals surface area contributed by atoms with Crippen LogP contribution < -0.4 is 5.73 Å². The molecule has 0 spiro atoms. The van der Waals surface area contributed by atoms with Gasteiger partial charge in [0.15, 0.2) is 0 Å². The third-order valence-corrected chi connectivity index (χ3v) is 4.20. The molecule has 1 aromatic rings. The molecule has 22 heavy (non-hydrogen) atoms. The van der Waals surface area contributed by atoms with Crippen LogP contribution in [-0.2, 0) is 16.0 Å². The van der Waals surface area contributed by atoms with Gasteiger partial charge < -0.3 is 21.1 Å². The quantitative estimate of drug-likeness (QED) is 0.585. The molecule has 2 rings (SSSR count). The molecule has 0 radical (unpaired) electrons. The second-order valence-corrected chi connectivity index (χ2v) is 5.63. The van der Waals surface area contributed by atoms with Crippen molar-refractivity contribution in [2.45, 2.75) is 24.8 Å². The van der Waals surface area contributed by atoms with Crippen LogP contribution >= 0.6 is 0 Å². The third-order valence-electron chi connectivity index (χ3n) is 4.20. The number of rotatable bonds is 7. The van der Waals surface area contributed by atoms with Crippen LogP contribution in [0.15, 0.2) is 24.3 Å². The van der Waals surface area contributed by atoms with Crippen molar-refractivity contribution in [1.82, 2.24) is 0 Å². The van der Waals surface area contributed by atoms with E-state index >= 15 is 0 Å². The van der Waals surface area contributed by atoms with Crippen LogP contribution in [0.5, 0.6) is 0 Å². The van der Waals surface area contributed by atoms with Crippen molar-refractivity contribution in [3.05, 3.63) is 35.4 Å². The Morgan fingerprint density at radius 1 is 1.14 bits per heavy atom. The Balaban J connectivity index is 2.05. The number of aryl methyl sites for hydroxylation is 1. The fourth-order valence-corrected chi connectivity index (χ4v) is 2.65. The van der Waals surface area contributed by atoms with Gasteiger partial charge in [-0.1, -0.05) is 12.1 Å². The molecule has 1 aromatic carbocycles. The van der Waals surface area contributed by atoms with Gasteiger partial charge in [-0.2, -0.15) is 0 Å². The van der Waals surface area contributed by atoms with Gasteiger partial charge in [0.1, 0.15) is 5.54 Å². The van der Waals surface area contributed by atoms with Crippen molar-refractivity contribution in [3.8, 4) is 0 Å². The van der Waals surface area contributed by atoms with Crippen molar-refractivity contribution >= 4 is 17.9 Å². The topological polar surface area (TPSA) is 138 Å². The molecule has 0 saturated heterocycles. The van der Waals surface area contributed by atoms with Crippen LogP contribution in [0.4, 0.5) is 0 Å².